The van der Waals surface area contributed by atoms with E-state index in [1.807, 2.05) is 6.92 Å². The topological polar surface area (TPSA) is 78.4 Å². The first-order chi connectivity index (χ1) is 14.7. The van der Waals surface area contributed by atoms with Crippen LogP contribution in [0, 0.1) is 23.6 Å². The highest BCUT2D eigenvalue weighted by molar-refractivity contribution is 7.99. The summed E-state index contributed by atoms with van der Waals surface area (Å²) in [4.78, 5) is 25.0. The van der Waals surface area contributed by atoms with Gasteiger partial charge in [0.05, 0.1) is 12.1 Å². The first kappa shape index (κ1) is 25.7. The highest BCUT2D eigenvalue weighted by Gasteiger charge is 2.31. The summed E-state index contributed by atoms with van der Waals surface area (Å²) < 4.78 is 13.1. The molecule has 1 saturated carbocycles. The van der Waals surface area contributed by atoms with E-state index in [4.69, 9.17) is 7.85 Å². The van der Waals surface area contributed by atoms with E-state index in [9.17, 15) is 19.1 Å². The molecule has 31 heavy (non-hydrogen) atoms. The summed E-state index contributed by atoms with van der Waals surface area (Å²) in [5.74, 6) is 0.460. The second-order valence-electron chi connectivity index (χ2n) is 8.81. The smallest absolute Gasteiger partial charge is 0.243 e. The van der Waals surface area contributed by atoms with Gasteiger partial charge in [-0.05, 0) is 67.7 Å². The third-order valence-electron chi connectivity index (χ3n) is 6.25. The van der Waals surface area contributed by atoms with Crippen molar-refractivity contribution in [3.05, 3.63) is 30.1 Å². The lowest BCUT2D eigenvalue weighted by molar-refractivity contribution is -0.124. The van der Waals surface area contributed by atoms with Crippen LogP contribution in [0.1, 0.15) is 52.9 Å². The van der Waals surface area contributed by atoms with Gasteiger partial charge in [-0.25, -0.2) is 4.39 Å². The van der Waals surface area contributed by atoms with Crippen LogP contribution in [0.15, 0.2) is 29.2 Å². The first-order valence-electron chi connectivity index (χ1n) is 11.1. The molecule has 0 aromatic heterocycles. The van der Waals surface area contributed by atoms with Crippen molar-refractivity contribution in [1.29, 1.82) is 0 Å². The molecule has 0 aliphatic heterocycles. The van der Waals surface area contributed by atoms with Crippen LogP contribution in [0.5, 0.6) is 0 Å². The van der Waals surface area contributed by atoms with Crippen LogP contribution in [-0.2, 0) is 4.79 Å². The lowest BCUT2D eigenvalue weighted by Crippen LogP contribution is -2.53. The Hall–Kier alpha value is -1.54. The van der Waals surface area contributed by atoms with Crippen LogP contribution in [0.4, 0.5) is 9.18 Å². The number of amides is 2. The number of benzene rings is 1. The molecule has 6 atom stereocenters. The van der Waals surface area contributed by atoms with Gasteiger partial charge in [0.2, 0.25) is 13.8 Å². The summed E-state index contributed by atoms with van der Waals surface area (Å²) in [5.41, 5.74) is 0. The zero-order valence-corrected chi connectivity index (χ0v) is 19.5. The minimum absolute atomic E-state index is 0.241. The van der Waals surface area contributed by atoms with Gasteiger partial charge in [0.15, 0.2) is 5.81 Å². The zero-order valence-electron chi connectivity index (χ0n) is 18.6. The summed E-state index contributed by atoms with van der Waals surface area (Å²) in [6.07, 6.45) is 4.05. The molecule has 0 spiro atoms. The number of rotatable bonds is 10. The molecular formula is C23H34BFN2O3S. The molecule has 0 heterocycles. The van der Waals surface area contributed by atoms with E-state index >= 15 is 0 Å². The number of nitrogens with one attached hydrogen (secondary N) is 2. The molecule has 0 bridgehead atoms. The molecule has 1 aromatic carbocycles. The Bertz CT molecular complexity index is 721. The number of carbonyl (C=O) groups excluding carboxylic acids is 2. The highest BCUT2D eigenvalue weighted by atomic mass is 32.2. The highest BCUT2D eigenvalue weighted by Crippen LogP contribution is 2.36. The Balaban J connectivity index is 1.95. The van der Waals surface area contributed by atoms with E-state index in [-0.39, 0.29) is 17.5 Å². The maximum Gasteiger partial charge on any atom is 0.243 e. The minimum Gasteiger partial charge on any atom is -0.391 e. The van der Waals surface area contributed by atoms with Gasteiger partial charge in [-0.15, -0.1) is 11.8 Å². The molecule has 0 saturated heterocycles. The molecule has 5 nitrogen and oxygen atoms in total. The fraction of sp³-hybridized carbons (Fsp3) is 0.652. The van der Waals surface area contributed by atoms with Crippen LogP contribution in [0.2, 0.25) is 0 Å². The Morgan fingerprint density at radius 3 is 2.48 bits per heavy atom. The summed E-state index contributed by atoms with van der Waals surface area (Å²) in [6.45, 7) is 6.43. The monoisotopic (exact) mass is 448 g/mol. The predicted molar refractivity (Wildman–Crippen MR) is 124 cm³/mol. The van der Waals surface area contributed by atoms with E-state index < -0.39 is 24.0 Å². The number of aliphatic hydroxyl groups is 1. The van der Waals surface area contributed by atoms with Crippen molar-refractivity contribution in [3.63, 3.8) is 0 Å². The van der Waals surface area contributed by atoms with Crippen LogP contribution < -0.4 is 10.6 Å². The van der Waals surface area contributed by atoms with Crippen LogP contribution in [-0.4, -0.2) is 48.6 Å². The lowest BCUT2D eigenvalue weighted by atomic mass is 9.73. The quantitative estimate of drug-likeness (QED) is 0.375. The SMILES string of the molecule is [B]C(=O)NC(CSc1ccc(F)cc1)C(=O)NC(CC)C(O)CC1CCC(C)CC1C. The van der Waals surface area contributed by atoms with E-state index in [2.05, 4.69) is 24.5 Å². The third-order valence-corrected chi connectivity index (χ3v) is 7.35. The van der Waals surface area contributed by atoms with Crippen molar-refractivity contribution in [2.45, 2.75) is 76.0 Å². The molecule has 170 valence electrons. The summed E-state index contributed by atoms with van der Waals surface area (Å²) in [7, 11) is 5.25. The Morgan fingerprint density at radius 1 is 1.23 bits per heavy atom. The number of hydrogen-bond donors (Lipinski definition) is 3. The second kappa shape index (κ2) is 12.5. The molecule has 2 amide bonds. The van der Waals surface area contributed by atoms with Gasteiger partial charge >= 0.3 is 0 Å². The number of halogens is 1. The molecule has 1 fully saturated rings. The van der Waals surface area contributed by atoms with Gasteiger partial charge in [-0.1, -0.05) is 27.2 Å². The predicted octanol–water partition coefficient (Wildman–Crippen LogP) is 3.88. The van der Waals surface area contributed by atoms with Gasteiger partial charge in [0.1, 0.15) is 11.9 Å². The van der Waals surface area contributed by atoms with E-state index in [1.165, 1.54) is 36.7 Å². The summed E-state index contributed by atoms with van der Waals surface area (Å²) in [6, 6.07) is 4.66. The Labute approximate surface area is 190 Å². The molecule has 8 heteroatoms. The minimum atomic E-state index is -0.858. The fourth-order valence-corrected chi connectivity index (χ4v) is 5.29. The van der Waals surface area contributed by atoms with Crippen molar-refractivity contribution in [2.24, 2.45) is 17.8 Å². The maximum absolute atomic E-state index is 13.1. The molecule has 6 unspecified atom stereocenters. The molecular weight excluding hydrogens is 414 g/mol. The molecule has 2 rings (SSSR count). The van der Waals surface area contributed by atoms with Crippen molar-refractivity contribution in [1.82, 2.24) is 10.6 Å². The van der Waals surface area contributed by atoms with Crippen molar-refractivity contribution >= 4 is 31.3 Å². The van der Waals surface area contributed by atoms with Crippen LogP contribution in [0.25, 0.3) is 0 Å². The lowest BCUT2D eigenvalue weighted by Gasteiger charge is -2.35. The van der Waals surface area contributed by atoms with Gasteiger partial charge in [-0.3, -0.25) is 9.59 Å². The van der Waals surface area contributed by atoms with E-state index in [0.29, 0.717) is 24.7 Å². The number of hydrogen-bond acceptors (Lipinski definition) is 4. The van der Waals surface area contributed by atoms with Crippen molar-refractivity contribution < 1.29 is 19.1 Å². The van der Waals surface area contributed by atoms with Crippen molar-refractivity contribution in [2.75, 3.05) is 5.75 Å². The largest absolute Gasteiger partial charge is 0.391 e. The third kappa shape index (κ3) is 8.49. The maximum atomic E-state index is 13.1. The average Bonchev–Trinajstić information content (AvgIpc) is 2.72. The van der Waals surface area contributed by atoms with Gasteiger partial charge < -0.3 is 15.7 Å². The Morgan fingerprint density at radius 2 is 1.90 bits per heavy atom. The first-order valence-corrected chi connectivity index (χ1v) is 12.1. The van der Waals surface area contributed by atoms with E-state index in [1.54, 1.807) is 12.1 Å². The van der Waals surface area contributed by atoms with Crippen LogP contribution in [0.3, 0.4) is 0 Å². The standard InChI is InChI=1S/C23H34BFN2O3S/c1-4-19(21(28)12-16-6-5-14(2)11-15(16)3)26-22(29)20(27-23(24)30)13-31-18-9-7-17(25)8-10-18/h7-10,14-16,19-21,28H,4-6,11-13H2,1-3H3,(H,26,29)(H,27,30). The van der Waals surface area contributed by atoms with Gasteiger partial charge in [-0.2, -0.15) is 0 Å². The molecule has 1 aromatic rings. The average molecular weight is 448 g/mol. The molecule has 2 radical (unpaired) electrons. The normalized spacial score (nSPS) is 24.1. The summed E-state index contributed by atoms with van der Waals surface area (Å²) in [5, 5.41) is 16.2. The van der Waals surface area contributed by atoms with Gasteiger partial charge in [0.25, 0.3) is 0 Å². The molecule has 1 aliphatic carbocycles. The van der Waals surface area contributed by atoms with Crippen molar-refractivity contribution in [3.8, 4) is 0 Å². The number of thioether (sulfide) groups is 1. The van der Waals surface area contributed by atoms with Gasteiger partial charge in [0, 0.05) is 10.6 Å². The molecule has 1 aliphatic rings. The fourth-order valence-electron chi connectivity index (χ4n) is 4.37. The van der Waals surface area contributed by atoms with E-state index in [0.717, 1.165) is 17.2 Å². The number of carbonyl (C=O) groups is 2. The zero-order chi connectivity index (χ0) is 23.0. The number of aliphatic hydroxyl groups excluding tert-OH is 1. The summed E-state index contributed by atoms with van der Waals surface area (Å²) >= 11 is 1.32. The second-order valence-corrected chi connectivity index (χ2v) is 9.90. The van der Waals surface area contributed by atoms with Crippen LogP contribution >= 0.6 is 11.8 Å². The molecule has 3 N–H and O–H groups in total. The Kier molecular flexibility index (Phi) is 10.4.